The summed E-state index contributed by atoms with van der Waals surface area (Å²) in [7, 11) is 6.12. The van der Waals surface area contributed by atoms with Crippen molar-refractivity contribution in [2.24, 2.45) is 0 Å². The van der Waals surface area contributed by atoms with E-state index in [1.54, 1.807) is 0 Å². The zero-order valence-electron chi connectivity index (χ0n) is 12.9. The minimum absolute atomic E-state index is 0.130. The van der Waals surface area contributed by atoms with Gasteiger partial charge in [0.05, 0.1) is 5.56 Å². The maximum atomic E-state index is 13.9. The second kappa shape index (κ2) is 6.12. The first-order valence-corrected chi connectivity index (χ1v) is 7.22. The van der Waals surface area contributed by atoms with Gasteiger partial charge in [-0.1, -0.05) is 0 Å². The van der Waals surface area contributed by atoms with Gasteiger partial charge in [0.2, 0.25) is 0 Å². The van der Waals surface area contributed by atoms with Crippen molar-refractivity contribution in [3.8, 4) is 0 Å². The average Bonchev–Trinajstić information content (AvgIpc) is 2.35. The maximum absolute atomic E-state index is 13.9. The molecule has 1 aromatic carbocycles. The van der Waals surface area contributed by atoms with Gasteiger partial charge in [-0.2, -0.15) is 0 Å². The van der Waals surface area contributed by atoms with Crippen molar-refractivity contribution in [3.05, 3.63) is 35.1 Å². The molecule has 0 aliphatic heterocycles. The minimum Gasteiger partial charge on any atom is -0.478 e. The Balaban J connectivity index is 2.07. The number of rotatable bonds is 6. The Morgan fingerprint density at radius 1 is 1.33 bits per heavy atom. The number of benzene rings is 1. The summed E-state index contributed by atoms with van der Waals surface area (Å²) in [5.74, 6) is -1.37. The van der Waals surface area contributed by atoms with E-state index >= 15 is 0 Å². The third-order valence-corrected chi connectivity index (χ3v) is 4.53. The van der Waals surface area contributed by atoms with Crippen LogP contribution in [0.15, 0.2) is 18.2 Å². The minimum atomic E-state index is -1.03. The average molecular weight is 294 g/mol. The van der Waals surface area contributed by atoms with Crippen LogP contribution in [0.4, 0.5) is 4.39 Å². The molecular formula is C16H23FN2O2. The summed E-state index contributed by atoms with van der Waals surface area (Å²) in [6, 6.07) is 3.96. The summed E-state index contributed by atoms with van der Waals surface area (Å²) in [4.78, 5) is 15.3. The smallest absolute Gasteiger partial charge is 0.335 e. The molecule has 0 saturated heterocycles. The number of nitrogens with zero attached hydrogens (tertiary/aromatic N) is 2. The van der Waals surface area contributed by atoms with Crippen molar-refractivity contribution in [3.63, 3.8) is 0 Å². The normalized spacial score (nSPS) is 17.0. The monoisotopic (exact) mass is 294 g/mol. The van der Waals surface area contributed by atoms with Crippen LogP contribution in [0, 0.1) is 5.82 Å². The highest BCUT2D eigenvalue weighted by atomic mass is 19.1. The first-order chi connectivity index (χ1) is 9.84. The van der Waals surface area contributed by atoms with Gasteiger partial charge in [0.1, 0.15) is 5.82 Å². The van der Waals surface area contributed by atoms with E-state index in [1.165, 1.54) is 24.6 Å². The van der Waals surface area contributed by atoms with Crippen LogP contribution in [-0.4, -0.2) is 54.1 Å². The van der Waals surface area contributed by atoms with Gasteiger partial charge in [0.15, 0.2) is 0 Å². The predicted octanol–water partition coefficient (Wildman–Crippen LogP) is 2.44. The molecule has 1 aliphatic rings. The summed E-state index contributed by atoms with van der Waals surface area (Å²) in [5.41, 5.74) is 0.742. The molecule has 0 atom stereocenters. The van der Waals surface area contributed by atoms with Gasteiger partial charge in [-0.3, -0.25) is 0 Å². The maximum Gasteiger partial charge on any atom is 0.335 e. The molecule has 1 saturated carbocycles. The molecule has 0 radical (unpaired) electrons. The summed E-state index contributed by atoms with van der Waals surface area (Å²) >= 11 is 0. The molecule has 0 aromatic heterocycles. The fourth-order valence-corrected chi connectivity index (χ4v) is 3.01. The van der Waals surface area contributed by atoms with Crippen molar-refractivity contribution in [1.29, 1.82) is 0 Å². The van der Waals surface area contributed by atoms with E-state index in [1.807, 2.05) is 7.05 Å². The number of carbonyl (C=O) groups is 1. The Kier molecular flexibility index (Phi) is 4.64. The number of halogens is 1. The van der Waals surface area contributed by atoms with Gasteiger partial charge in [-0.25, -0.2) is 9.18 Å². The number of carboxylic acids is 1. The van der Waals surface area contributed by atoms with Gasteiger partial charge >= 0.3 is 5.97 Å². The summed E-state index contributed by atoms with van der Waals surface area (Å²) in [5, 5.41) is 9.00. The van der Waals surface area contributed by atoms with E-state index in [-0.39, 0.29) is 16.9 Å². The van der Waals surface area contributed by atoms with Crippen molar-refractivity contribution in [2.45, 2.75) is 31.3 Å². The SMILES string of the molecule is CN(Cc1cc(C(=O)O)ccc1F)CC1(N(C)C)CCC1. The molecule has 0 spiro atoms. The number of aromatic carboxylic acids is 1. The van der Waals surface area contributed by atoms with Gasteiger partial charge in [0.25, 0.3) is 0 Å². The Labute approximate surface area is 125 Å². The fourth-order valence-electron chi connectivity index (χ4n) is 3.01. The molecule has 1 fully saturated rings. The Morgan fingerprint density at radius 3 is 2.48 bits per heavy atom. The van der Waals surface area contributed by atoms with Gasteiger partial charge in [-0.15, -0.1) is 0 Å². The van der Waals surface area contributed by atoms with Gasteiger partial charge in [-0.05, 0) is 58.6 Å². The molecule has 0 unspecified atom stereocenters. The van der Waals surface area contributed by atoms with Crippen LogP contribution in [-0.2, 0) is 6.54 Å². The molecule has 0 heterocycles. The first-order valence-electron chi connectivity index (χ1n) is 7.22. The van der Waals surface area contributed by atoms with Crippen molar-refractivity contribution < 1.29 is 14.3 Å². The zero-order chi connectivity index (χ0) is 15.6. The first kappa shape index (κ1) is 15.9. The molecule has 0 amide bonds. The van der Waals surface area contributed by atoms with E-state index in [0.717, 1.165) is 19.4 Å². The highest BCUT2D eigenvalue weighted by Gasteiger charge is 2.39. The number of hydrogen-bond acceptors (Lipinski definition) is 3. The number of hydrogen-bond donors (Lipinski definition) is 1. The second-order valence-electron chi connectivity index (χ2n) is 6.26. The van der Waals surface area contributed by atoms with E-state index < -0.39 is 5.97 Å². The second-order valence-corrected chi connectivity index (χ2v) is 6.26. The molecule has 4 nitrogen and oxygen atoms in total. The predicted molar refractivity (Wildman–Crippen MR) is 80.0 cm³/mol. The molecular weight excluding hydrogens is 271 g/mol. The van der Waals surface area contributed by atoms with Crippen LogP contribution in [0.1, 0.15) is 35.2 Å². The third-order valence-electron chi connectivity index (χ3n) is 4.53. The van der Waals surface area contributed by atoms with E-state index in [0.29, 0.717) is 12.1 Å². The van der Waals surface area contributed by atoms with E-state index in [2.05, 4.69) is 23.9 Å². The fraction of sp³-hybridized carbons (Fsp3) is 0.562. The van der Waals surface area contributed by atoms with Crippen LogP contribution in [0.3, 0.4) is 0 Å². The molecule has 116 valence electrons. The summed E-state index contributed by atoms with van der Waals surface area (Å²) < 4.78 is 13.9. The highest BCUT2D eigenvalue weighted by molar-refractivity contribution is 5.87. The number of likely N-dealkylation sites (N-methyl/N-ethyl adjacent to an activating group) is 2. The van der Waals surface area contributed by atoms with Crippen LogP contribution in [0.2, 0.25) is 0 Å². The molecule has 1 N–H and O–H groups in total. The van der Waals surface area contributed by atoms with E-state index in [4.69, 9.17) is 5.11 Å². The summed E-state index contributed by atoms with van der Waals surface area (Å²) in [6.45, 7) is 1.28. The Bertz CT molecular complexity index is 527. The molecule has 5 heteroatoms. The lowest BCUT2D eigenvalue weighted by Crippen LogP contribution is -2.56. The van der Waals surface area contributed by atoms with E-state index in [9.17, 15) is 9.18 Å². The lowest BCUT2D eigenvalue weighted by Gasteiger charge is -2.49. The molecule has 0 bridgehead atoms. The topological polar surface area (TPSA) is 43.8 Å². The van der Waals surface area contributed by atoms with Crippen LogP contribution < -0.4 is 0 Å². The largest absolute Gasteiger partial charge is 0.478 e. The molecule has 2 rings (SSSR count). The van der Waals surface area contributed by atoms with Crippen LogP contribution in [0.5, 0.6) is 0 Å². The quantitative estimate of drug-likeness (QED) is 0.875. The standard InChI is InChI=1S/C16H23FN2O2/c1-18(2)16(7-4-8-16)11-19(3)10-13-9-12(15(20)21)5-6-14(13)17/h5-6,9H,4,7-8,10-11H2,1-3H3,(H,20,21). The van der Waals surface area contributed by atoms with Crippen molar-refractivity contribution >= 4 is 5.97 Å². The molecule has 21 heavy (non-hydrogen) atoms. The van der Waals surface area contributed by atoms with Crippen LogP contribution in [0.25, 0.3) is 0 Å². The third kappa shape index (κ3) is 3.41. The Hall–Kier alpha value is -1.46. The van der Waals surface area contributed by atoms with Gasteiger partial charge in [0, 0.05) is 24.2 Å². The molecule has 1 aliphatic carbocycles. The molecule has 1 aromatic rings. The Morgan fingerprint density at radius 2 is 2.00 bits per heavy atom. The highest BCUT2D eigenvalue weighted by Crippen LogP contribution is 2.36. The lowest BCUT2D eigenvalue weighted by atomic mass is 9.75. The summed E-state index contributed by atoms with van der Waals surface area (Å²) in [6.07, 6.45) is 3.54. The zero-order valence-corrected chi connectivity index (χ0v) is 12.9. The number of carboxylic acid groups (broad SMARTS) is 1. The van der Waals surface area contributed by atoms with Crippen molar-refractivity contribution in [1.82, 2.24) is 9.80 Å². The lowest BCUT2D eigenvalue weighted by molar-refractivity contribution is 0.0256. The van der Waals surface area contributed by atoms with Crippen molar-refractivity contribution in [2.75, 3.05) is 27.7 Å². The van der Waals surface area contributed by atoms with Gasteiger partial charge < -0.3 is 14.9 Å². The van der Waals surface area contributed by atoms with Crippen LogP contribution >= 0.6 is 0 Å².